The van der Waals surface area contributed by atoms with E-state index in [1.54, 1.807) is 12.1 Å². The van der Waals surface area contributed by atoms with Crippen molar-refractivity contribution in [2.75, 3.05) is 37.6 Å². The molecule has 4 aliphatic rings. The lowest BCUT2D eigenvalue weighted by Gasteiger charge is -2.49. The van der Waals surface area contributed by atoms with Crippen LogP contribution in [0.25, 0.3) is 23.2 Å². The van der Waals surface area contributed by atoms with Gasteiger partial charge in [-0.3, -0.25) is 4.98 Å². The van der Waals surface area contributed by atoms with E-state index in [0.717, 1.165) is 83.3 Å². The van der Waals surface area contributed by atoms with E-state index in [9.17, 15) is 0 Å². The second kappa shape index (κ2) is 13.5. The minimum Gasteiger partial charge on any atom is -0.490 e. The number of hydrogen-bond donors (Lipinski definition) is 0. The van der Waals surface area contributed by atoms with Gasteiger partial charge in [0.1, 0.15) is 17.0 Å². The molecule has 4 fully saturated rings. The van der Waals surface area contributed by atoms with Crippen LogP contribution in [0, 0.1) is 11.3 Å². The fraction of sp³-hybridized carbons (Fsp3) is 0.556. The Morgan fingerprint density at radius 3 is 2.45 bits per heavy atom. The van der Waals surface area contributed by atoms with Crippen LogP contribution < -0.4 is 9.64 Å². The van der Waals surface area contributed by atoms with Crippen molar-refractivity contribution in [2.24, 2.45) is 11.3 Å². The van der Waals surface area contributed by atoms with Gasteiger partial charge in [0.25, 0.3) is 0 Å². The first-order chi connectivity index (χ1) is 22.8. The summed E-state index contributed by atoms with van der Waals surface area (Å²) in [5.74, 6) is -0.122. The van der Waals surface area contributed by atoms with Crippen LogP contribution in [0.4, 0.5) is 23.2 Å². The molecule has 7 nitrogen and oxygen atoms in total. The van der Waals surface area contributed by atoms with Crippen LogP contribution in [0.1, 0.15) is 87.4 Å². The first kappa shape index (κ1) is 32.0. The predicted octanol–water partition coefficient (Wildman–Crippen LogP) is 8.22. The molecule has 1 aromatic carbocycles. The van der Waals surface area contributed by atoms with Gasteiger partial charge >= 0.3 is 6.18 Å². The highest BCUT2D eigenvalue weighted by Crippen LogP contribution is 2.50. The van der Waals surface area contributed by atoms with Crippen molar-refractivity contribution in [1.82, 2.24) is 25.1 Å². The number of aromatic nitrogens is 4. The topological polar surface area (TPSA) is 67.3 Å². The lowest BCUT2D eigenvalue weighted by Crippen LogP contribution is -2.50. The fourth-order valence-electron chi connectivity index (χ4n) is 7.74. The Balaban J connectivity index is 1.26. The summed E-state index contributed by atoms with van der Waals surface area (Å²) in [6.07, 6.45) is 12.7. The van der Waals surface area contributed by atoms with E-state index in [4.69, 9.17) is 4.74 Å². The number of anilines is 1. The van der Waals surface area contributed by atoms with E-state index in [-0.39, 0.29) is 34.2 Å². The third-order valence-corrected chi connectivity index (χ3v) is 10.4. The van der Waals surface area contributed by atoms with Crippen LogP contribution in [0.15, 0.2) is 43.0 Å². The molecule has 0 unspecified atom stereocenters. The van der Waals surface area contributed by atoms with Crippen LogP contribution in [0.5, 0.6) is 5.75 Å². The number of piperidine rings is 2. The first-order valence-corrected chi connectivity index (χ1v) is 17.1. The smallest absolute Gasteiger partial charge is 0.421 e. The second-order valence-corrected chi connectivity index (χ2v) is 13.9. The summed E-state index contributed by atoms with van der Waals surface area (Å²) in [7, 11) is 0. The predicted molar refractivity (Wildman–Crippen MR) is 173 cm³/mol. The molecule has 2 aromatic heterocycles. The number of ether oxygens (including phenoxy) is 1. The molecule has 2 saturated carbocycles. The van der Waals surface area contributed by atoms with Crippen molar-refractivity contribution in [3.05, 3.63) is 59.8 Å². The normalized spacial score (nSPS) is 21.3. The van der Waals surface area contributed by atoms with Gasteiger partial charge in [0.05, 0.1) is 42.3 Å². The number of likely N-dealkylation sites (tertiary alicyclic amines) is 1. The van der Waals surface area contributed by atoms with Gasteiger partial charge in [-0.2, -0.15) is 23.4 Å². The SMILES string of the molecule is F/C(=C\c1ccc(OC2CCCCC2)c(C(F)(F)F)c1N1CCCC2(CCN(CC3CC3)CC2)C1)c1cncc(-c2ccnnc2)n1. The first-order valence-electron chi connectivity index (χ1n) is 17.1. The summed E-state index contributed by atoms with van der Waals surface area (Å²) in [5, 5.41) is 7.62. The van der Waals surface area contributed by atoms with Gasteiger partial charge in [-0.15, -0.1) is 0 Å². The van der Waals surface area contributed by atoms with E-state index < -0.39 is 17.6 Å². The standard InChI is InChI=1S/C36H42F4N6O/c37-29(31-22-41-21-30(44-31)27-11-15-42-43-20-27)19-26-9-10-32(47-28-5-2-1-3-6-28)33(36(38,39)40)34(26)46-16-4-12-35(24-46)13-17-45(18-14-35)23-25-7-8-25/h9-11,15,19-22,25,28H,1-8,12-14,16-18,23-24H2/b29-19-. The van der Waals surface area contributed by atoms with Crippen LogP contribution in [0.2, 0.25) is 0 Å². The summed E-state index contributed by atoms with van der Waals surface area (Å²) in [4.78, 5) is 13.0. The monoisotopic (exact) mass is 650 g/mol. The zero-order valence-electron chi connectivity index (χ0n) is 26.7. The van der Waals surface area contributed by atoms with Gasteiger partial charge in [-0.25, -0.2) is 9.37 Å². The molecular formula is C36H42F4N6O. The van der Waals surface area contributed by atoms with E-state index in [1.807, 2.05) is 4.90 Å². The average molecular weight is 651 g/mol. The largest absolute Gasteiger partial charge is 0.490 e. The molecule has 2 aliphatic carbocycles. The Morgan fingerprint density at radius 2 is 1.72 bits per heavy atom. The number of rotatable bonds is 8. The van der Waals surface area contributed by atoms with Crippen LogP contribution in [0.3, 0.4) is 0 Å². The maximum atomic E-state index is 16.1. The van der Waals surface area contributed by atoms with Crippen molar-refractivity contribution in [2.45, 2.75) is 82.9 Å². The third-order valence-electron chi connectivity index (χ3n) is 10.4. The zero-order valence-corrected chi connectivity index (χ0v) is 26.7. The van der Waals surface area contributed by atoms with Crippen molar-refractivity contribution in [1.29, 1.82) is 0 Å². The molecule has 11 heteroatoms. The minimum absolute atomic E-state index is 0.00268. The Labute approximate surface area is 273 Å². The molecule has 0 N–H and O–H groups in total. The Morgan fingerprint density at radius 1 is 0.915 bits per heavy atom. The number of hydrogen-bond acceptors (Lipinski definition) is 7. The Bertz CT molecular complexity index is 1560. The van der Waals surface area contributed by atoms with E-state index in [1.165, 1.54) is 49.8 Å². The summed E-state index contributed by atoms with van der Waals surface area (Å²) < 4.78 is 68.0. The maximum absolute atomic E-state index is 16.1. The van der Waals surface area contributed by atoms with Crippen molar-refractivity contribution < 1.29 is 22.3 Å². The van der Waals surface area contributed by atoms with Crippen molar-refractivity contribution in [3.8, 4) is 17.0 Å². The van der Waals surface area contributed by atoms with Crippen LogP contribution in [-0.4, -0.2) is 63.9 Å². The van der Waals surface area contributed by atoms with E-state index >= 15 is 17.6 Å². The molecule has 0 radical (unpaired) electrons. The molecule has 0 amide bonds. The molecule has 3 aromatic rings. The summed E-state index contributed by atoms with van der Waals surface area (Å²) in [6, 6.07) is 4.64. The van der Waals surface area contributed by atoms with Gasteiger partial charge in [-0.05, 0) is 113 Å². The van der Waals surface area contributed by atoms with Gasteiger partial charge < -0.3 is 14.5 Å². The molecule has 0 bridgehead atoms. The highest BCUT2D eigenvalue weighted by atomic mass is 19.4. The molecular weight excluding hydrogens is 608 g/mol. The van der Waals surface area contributed by atoms with Gasteiger partial charge in [0, 0.05) is 30.8 Å². The van der Waals surface area contributed by atoms with Crippen molar-refractivity contribution >= 4 is 17.6 Å². The Hall–Kier alpha value is -3.60. The lowest BCUT2D eigenvalue weighted by molar-refractivity contribution is -0.139. The molecule has 0 atom stereocenters. The quantitative estimate of drug-likeness (QED) is 0.228. The zero-order chi connectivity index (χ0) is 32.4. The Kier molecular flexibility index (Phi) is 9.18. The second-order valence-electron chi connectivity index (χ2n) is 13.9. The molecule has 7 rings (SSSR count). The third kappa shape index (κ3) is 7.45. The van der Waals surface area contributed by atoms with E-state index in [2.05, 4.69) is 25.1 Å². The molecule has 250 valence electrons. The molecule has 47 heavy (non-hydrogen) atoms. The number of halogens is 4. The highest BCUT2D eigenvalue weighted by molar-refractivity contribution is 5.84. The summed E-state index contributed by atoms with van der Waals surface area (Å²) >= 11 is 0. The number of benzene rings is 1. The molecule has 2 saturated heterocycles. The fourth-order valence-corrected chi connectivity index (χ4v) is 7.74. The summed E-state index contributed by atoms with van der Waals surface area (Å²) in [5.41, 5.74) is 0.205. The summed E-state index contributed by atoms with van der Waals surface area (Å²) in [6.45, 7) is 4.06. The molecule has 2 aliphatic heterocycles. The average Bonchev–Trinajstić information content (AvgIpc) is 3.91. The van der Waals surface area contributed by atoms with Gasteiger partial charge in [0.2, 0.25) is 0 Å². The maximum Gasteiger partial charge on any atom is 0.421 e. The van der Waals surface area contributed by atoms with E-state index in [0.29, 0.717) is 24.3 Å². The highest BCUT2D eigenvalue weighted by Gasteiger charge is 2.44. The van der Waals surface area contributed by atoms with Gasteiger partial charge in [0.15, 0.2) is 5.83 Å². The van der Waals surface area contributed by atoms with Crippen LogP contribution >= 0.6 is 0 Å². The number of alkyl halides is 3. The molecule has 4 heterocycles. The van der Waals surface area contributed by atoms with Crippen LogP contribution in [-0.2, 0) is 6.18 Å². The minimum atomic E-state index is -4.70. The lowest BCUT2D eigenvalue weighted by atomic mass is 9.72. The van der Waals surface area contributed by atoms with Gasteiger partial charge in [-0.1, -0.05) is 6.42 Å². The van der Waals surface area contributed by atoms with Crippen molar-refractivity contribution in [3.63, 3.8) is 0 Å². The number of nitrogens with zero attached hydrogens (tertiary/aromatic N) is 6. The molecule has 1 spiro atoms.